The van der Waals surface area contributed by atoms with Crippen LogP contribution in [0.1, 0.15) is 35.8 Å². The number of halogens is 2. The zero-order chi connectivity index (χ0) is 20.5. The third kappa shape index (κ3) is 5.63. The average Bonchev–Trinajstić information content (AvgIpc) is 3.23. The lowest BCUT2D eigenvalue weighted by Gasteiger charge is -2.19. The number of benzene rings is 2. The number of aliphatic imine (C=N–C) groups is 1. The molecule has 1 aromatic heterocycles. The second-order valence-electron chi connectivity index (χ2n) is 6.54. The molecule has 0 fully saturated rings. The van der Waals surface area contributed by atoms with Crippen molar-refractivity contribution in [3.63, 3.8) is 0 Å². The van der Waals surface area contributed by atoms with E-state index in [9.17, 15) is 8.78 Å². The van der Waals surface area contributed by atoms with Crippen LogP contribution in [-0.2, 0) is 6.54 Å². The molecule has 29 heavy (non-hydrogen) atoms. The summed E-state index contributed by atoms with van der Waals surface area (Å²) in [6.07, 6.45) is 3.49. The highest BCUT2D eigenvalue weighted by Crippen LogP contribution is 2.27. The van der Waals surface area contributed by atoms with E-state index >= 15 is 0 Å². The topological polar surface area (TPSA) is 54.2 Å². The van der Waals surface area contributed by atoms with Crippen molar-refractivity contribution in [3.8, 4) is 0 Å². The Labute approximate surface area is 169 Å². The minimum atomic E-state index is -2.61. The summed E-state index contributed by atoms with van der Waals surface area (Å²) in [5.41, 5.74) is 2.50. The van der Waals surface area contributed by atoms with Gasteiger partial charge in [0.25, 0.3) is 0 Å². The first-order chi connectivity index (χ1) is 14.2. The summed E-state index contributed by atoms with van der Waals surface area (Å²) in [5.74, 6) is 1.06. The van der Waals surface area contributed by atoms with E-state index in [1.165, 1.54) is 23.5 Å². The Morgan fingerprint density at radius 1 is 1.00 bits per heavy atom. The Morgan fingerprint density at radius 3 is 2.17 bits per heavy atom. The van der Waals surface area contributed by atoms with Gasteiger partial charge in [-0.1, -0.05) is 60.7 Å². The van der Waals surface area contributed by atoms with Gasteiger partial charge in [0.2, 0.25) is 0 Å². The fourth-order valence-corrected chi connectivity index (χ4v) is 3.27. The molecule has 0 radical (unpaired) electrons. The third-order valence-electron chi connectivity index (χ3n) is 4.73. The maximum atomic E-state index is 12.9. The van der Waals surface area contributed by atoms with Crippen molar-refractivity contribution in [2.75, 3.05) is 13.6 Å². The molecule has 152 valence electrons. The summed E-state index contributed by atoms with van der Waals surface area (Å²) in [4.78, 5) is 8.14. The predicted molar refractivity (Wildman–Crippen MR) is 111 cm³/mol. The minimum absolute atomic E-state index is 0.164. The smallest absolute Gasteiger partial charge is 0.319 e. The SMILES string of the molecule is CN=C(NCCC(c1ccccc1)c1ccccc1)NCc1nccn1C(F)F. The molecule has 0 atom stereocenters. The van der Waals surface area contributed by atoms with Gasteiger partial charge in [0.15, 0.2) is 5.96 Å². The van der Waals surface area contributed by atoms with E-state index in [4.69, 9.17) is 0 Å². The van der Waals surface area contributed by atoms with E-state index in [1.807, 2.05) is 36.4 Å². The number of nitrogens with one attached hydrogen (secondary N) is 2. The molecular weight excluding hydrogens is 372 g/mol. The van der Waals surface area contributed by atoms with Gasteiger partial charge in [-0.2, -0.15) is 8.78 Å². The standard InChI is InChI=1S/C22H25F2N5/c1-25-22(28-16-20-26-14-15-29(20)21(23)24)27-13-12-19(17-8-4-2-5-9-17)18-10-6-3-7-11-18/h2-11,14-15,19,21H,12-13,16H2,1H3,(H2,25,27,28). The molecule has 1 heterocycles. The molecular formula is C22H25F2N5. The molecule has 2 aromatic carbocycles. The largest absolute Gasteiger partial charge is 0.356 e. The highest BCUT2D eigenvalue weighted by atomic mass is 19.3. The zero-order valence-electron chi connectivity index (χ0n) is 16.3. The molecule has 0 aliphatic rings. The Hall–Kier alpha value is -3.22. The summed E-state index contributed by atoms with van der Waals surface area (Å²) in [6.45, 7) is -1.77. The first kappa shape index (κ1) is 20.5. The zero-order valence-corrected chi connectivity index (χ0v) is 16.3. The van der Waals surface area contributed by atoms with Gasteiger partial charge >= 0.3 is 6.55 Å². The lowest BCUT2D eigenvalue weighted by Crippen LogP contribution is -2.38. The lowest BCUT2D eigenvalue weighted by molar-refractivity contribution is 0.0668. The number of guanidine groups is 1. The van der Waals surface area contributed by atoms with E-state index in [1.54, 1.807) is 7.05 Å². The Balaban J connectivity index is 1.59. The van der Waals surface area contributed by atoms with Crippen molar-refractivity contribution >= 4 is 5.96 Å². The molecule has 0 spiro atoms. The van der Waals surface area contributed by atoms with Crippen LogP contribution in [0.5, 0.6) is 0 Å². The molecule has 0 aliphatic carbocycles. The first-order valence-corrected chi connectivity index (χ1v) is 9.53. The molecule has 0 bridgehead atoms. The van der Waals surface area contributed by atoms with E-state index in [-0.39, 0.29) is 18.3 Å². The fraction of sp³-hybridized carbons (Fsp3) is 0.273. The molecule has 0 unspecified atom stereocenters. The number of nitrogens with zero attached hydrogens (tertiary/aromatic N) is 3. The highest BCUT2D eigenvalue weighted by Gasteiger charge is 2.14. The van der Waals surface area contributed by atoms with Crippen LogP contribution in [0.15, 0.2) is 78.0 Å². The summed E-state index contributed by atoms with van der Waals surface area (Å²) >= 11 is 0. The van der Waals surface area contributed by atoms with Crippen LogP contribution in [0, 0.1) is 0 Å². The molecule has 0 saturated carbocycles. The maximum Gasteiger partial charge on any atom is 0.319 e. The summed E-state index contributed by atoms with van der Waals surface area (Å²) in [6, 6.07) is 20.7. The van der Waals surface area contributed by atoms with Gasteiger partial charge in [0, 0.05) is 31.9 Å². The summed E-state index contributed by atoms with van der Waals surface area (Å²) in [7, 11) is 1.65. The second kappa shape index (κ2) is 10.4. The van der Waals surface area contributed by atoms with Crippen molar-refractivity contribution in [1.29, 1.82) is 0 Å². The van der Waals surface area contributed by atoms with Gasteiger partial charge in [-0.3, -0.25) is 9.56 Å². The first-order valence-electron chi connectivity index (χ1n) is 9.53. The number of hydrogen-bond acceptors (Lipinski definition) is 2. The van der Waals surface area contributed by atoms with Crippen LogP contribution in [0.25, 0.3) is 0 Å². The van der Waals surface area contributed by atoms with Crippen LogP contribution in [0.3, 0.4) is 0 Å². The van der Waals surface area contributed by atoms with E-state index < -0.39 is 6.55 Å². The fourth-order valence-electron chi connectivity index (χ4n) is 3.27. The van der Waals surface area contributed by atoms with Crippen LogP contribution in [-0.4, -0.2) is 29.1 Å². The van der Waals surface area contributed by atoms with Crippen LogP contribution < -0.4 is 10.6 Å². The normalized spacial score (nSPS) is 11.8. The van der Waals surface area contributed by atoms with Gasteiger partial charge in [-0.25, -0.2) is 4.98 Å². The maximum absolute atomic E-state index is 12.9. The van der Waals surface area contributed by atoms with E-state index in [0.29, 0.717) is 12.5 Å². The van der Waals surface area contributed by atoms with Crippen LogP contribution >= 0.6 is 0 Å². The lowest BCUT2D eigenvalue weighted by atomic mass is 9.88. The van der Waals surface area contributed by atoms with Gasteiger partial charge in [-0.15, -0.1) is 0 Å². The molecule has 0 saturated heterocycles. The number of hydrogen-bond donors (Lipinski definition) is 2. The predicted octanol–water partition coefficient (Wildman–Crippen LogP) is 4.17. The summed E-state index contributed by atoms with van der Waals surface area (Å²) in [5, 5.41) is 6.31. The molecule has 5 nitrogen and oxygen atoms in total. The summed E-state index contributed by atoms with van der Waals surface area (Å²) < 4.78 is 26.7. The number of imidazole rings is 1. The minimum Gasteiger partial charge on any atom is -0.356 e. The quantitative estimate of drug-likeness (QED) is 0.443. The molecule has 0 aliphatic heterocycles. The molecule has 0 amide bonds. The number of aromatic nitrogens is 2. The Bertz CT molecular complexity index is 854. The van der Waals surface area contributed by atoms with E-state index in [2.05, 4.69) is 44.9 Å². The average molecular weight is 397 g/mol. The van der Waals surface area contributed by atoms with Gasteiger partial charge in [-0.05, 0) is 17.5 Å². The van der Waals surface area contributed by atoms with E-state index in [0.717, 1.165) is 11.0 Å². The number of alkyl halides is 2. The second-order valence-corrected chi connectivity index (χ2v) is 6.54. The molecule has 3 aromatic rings. The van der Waals surface area contributed by atoms with Crippen molar-refractivity contribution in [3.05, 3.63) is 90.0 Å². The van der Waals surface area contributed by atoms with Crippen molar-refractivity contribution in [2.45, 2.75) is 25.4 Å². The van der Waals surface area contributed by atoms with Crippen molar-refractivity contribution < 1.29 is 8.78 Å². The Kier molecular flexibility index (Phi) is 7.33. The van der Waals surface area contributed by atoms with Crippen LogP contribution in [0.2, 0.25) is 0 Å². The van der Waals surface area contributed by atoms with Crippen LogP contribution in [0.4, 0.5) is 8.78 Å². The van der Waals surface area contributed by atoms with Crippen molar-refractivity contribution in [1.82, 2.24) is 20.2 Å². The van der Waals surface area contributed by atoms with Crippen molar-refractivity contribution in [2.24, 2.45) is 4.99 Å². The molecule has 7 heteroatoms. The molecule has 3 rings (SSSR count). The third-order valence-corrected chi connectivity index (χ3v) is 4.73. The van der Waals surface area contributed by atoms with Gasteiger partial charge in [0.1, 0.15) is 5.82 Å². The monoisotopic (exact) mass is 397 g/mol. The highest BCUT2D eigenvalue weighted by molar-refractivity contribution is 5.79. The Morgan fingerprint density at radius 2 is 1.62 bits per heavy atom. The molecule has 2 N–H and O–H groups in total. The van der Waals surface area contributed by atoms with Gasteiger partial charge in [0.05, 0.1) is 6.54 Å². The number of rotatable bonds is 8. The van der Waals surface area contributed by atoms with Gasteiger partial charge < -0.3 is 10.6 Å².